The topological polar surface area (TPSA) is 178 Å². The van der Waals surface area contributed by atoms with Crippen molar-refractivity contribution in [1.82, 2.24) is 20.5 Å². The molecule has 4 rings (SSSR count). The van der Waals surface area contributed by atoms with Crippen molar-refractivity contribution >= 4 is 34.9 Å². The molecule has 2 fully saturated rings. The second kappa shape index (κ2) is 12.8. The molecule has 0 radical (unpaired) electrons. The van der Waals surface area contributed by atoms with Gasteiger partial charge in [-0.15, -0.1) is 11.3 Å². The highest BCUT2D eigenvalue weighted by atomic mass is 32.1. The monoisotopic (exact) mass is 564 g/mol. The van der Waals surface area contributed by atoms with E-state index in [1.165, 1.54) is 28.5 Å². The van der Waals surface area contributed by atoms with Gasteiger partial charge in [0.2, 0.25) is 23.7 Å². The summed E-state index contributed by atoms with van der Waals surface area (Å²) in [4.78, 5) is 44.0. The molecule has 3 amide bonds. The van der Waals surface area contributed by atoms with Crippen LogP contribution in [0.25, 0.3) is 0 Å². The molecule has 2 aliphatic rings. The molecule has 0 saturated carbocycles. The highest BCUT2D eigenvalue weighted by Crippen LogP contribution is 2.35. The second-order valence-electron chi connectivity index (χ2n) is 8.90. The van der Waals surface area contributed by atoms with Crippen molar-refractivity contribution in [2.24, 2.45) is 10.9 Å². The van der Waals surface area contributed by atoms with Gasteiger partial charge in [0.1, 0.15) is 11.8 Å². The Kier molecular flexibility index (Phi) is 9.27. The van der Waals surface area contributed by atoms with E-state index in [9.17, 15) is 18.8 Å². The Hall–Kier alpha value is -3.82. The number of oxime groups is 1. The highest BCUT2D eigenvalue weighted by Gasteiger charge is 2.52. The van der Waals surface area contributed by atoms with E-state index >= 15 is 0 Å². The molecule has 2 saturated heterocycles. The van der Waals surface area contributed by atoms with E-state index < -0.39 is 29.6 Å². The van der Waals surface area contributed by atoms with Gasteiger partial charge in [0.15, 0.2) is 11.6 Å². The molecule has 0 bridgehead atoms. The number of likely N-dealkylation sites (tertiary alicyclic amines) is 1. The summed E-state index contributed by atoms with van der Waals surface area (Å²) in [6.07, 6.45) is 1.88. The zero-order chi connectivity index (χ0) is 27.8. The summed E-state index contributed by atoms with van der Waals surface area (Å²) in [5, 5.41) is 18.9. The van der Waals surface area contributed by atoms with Crippen molar-refractivity contribution in [1.29, 1.82) is 0 Å². The number of thiophene rings is 1. The molecule has 0 aliphatic carbocycles. The maximum atomic E-state index is 13.1. The van der Waals surface area contributed by atoms with Gasteiger partial charge < -0.3 is 40.7 Å². The summed E-state index contributed by atoms with van der Waals surface area (Å²) < 4.78 is 29.9. The molecule has 13 nitrogen and oxygen atoms in total. The Morgan fingerprint density at radius 2 is 2.10 bits per heavy atom. The predicted molar refractivity (Wildman–Crippen MR) is 135 cm³/mol. The van der Waals surface area contributed by atoms with E-state index in [0.717, 1.165) is 10.9 Å². The smallest absolute Gasteiger partial charge is 0.243 e. The number of amides is 3. The molecule has 39 heavy (non-hydrogen) atoms. The number of carbonyl (C=O) groups is 3. The minimum atomic E-state index is -1.06. The van der Waals surface area contributed by atoms with Crippen molar-refractivity contribution in [3.8, 4) is 5.75 Å². The summed E-state index contributed by atoms with van der Waals surface area (Å²) in [6, 6.07) is 3.49. The first-order valence-corrected chi connectivity index (χ1v) is 13.1. The number of rotatable bonds is 11. The van der Waals surface area contributed by atoms with Gasteiger partial charge in [-0.25, -0.2) is 4.98 Å². The zero-order valence-corrected chi connectivity index (χ0v) is 21.7. The van der Waals surface area contributed by atoms with Gasteiger partial charge in [0.05, 0.1) is 39.5 Å². The largest absolute Gasteiger partial charge is 0.493 e. The van der Waals surface area contributed by atoms with Crippen molar-refractivity contribution in [3.63, 3.8) is 0 Å². The fourth-order valence-corrected chi connectivity index (χ4v) is 5.08. The minimum Gasteiger partial charge on any atom is -0.493 e. The summed E-state index contributed by atoms with van der Waals surface area (Å²) in [5.74, 6) is -2.66. The van der Waals surface area contributed by atoms with Crippen LogP contribution in [0.1, 0.15) is 29.7 Å². The standard InChI is InChI=1S/C24H29FN6O7S/c25-19-9-16(3-4-27-19)36-5-1-2-20(32)28-12-21(33)31-14-24(37-6-7-38-24)10-18(31)23(34)29-11-17-8-15(13-39-17)22(26)30-35/h3-4,8-9,13,18,35H,1-2,5-7,10-12,14H2,(H2,26,30)(H,28,32)(H,29,34)/t18-/m0/s1. The van der Waals surface area contributed by atoms with Crippen LogP contribution >= 0.6 is 11.3 Å². The predicted octanol–water partition coefficient (Wildman–Crippen LogP) is 0.312. The maximum absolute atomic E-state index is 13.1. The van der Waals surface area contributed by atoms with Crippen LogP contribution in [0.4, 0.5) is 4.39 Å². The summed E-state index contributed by atoms with van der Waals surface area (Å²) in [6.45, 7) is 0.827. The van der Waals surface area contributed by atoms with Gasteiger partial charge in [-0.1, -0.05) is 5.16 Å². The quantitative estimate of drug-likeness (QED) is 0.0747. The lowest BCUT2D eigenvalue weighted by Gasteiger charge is -2.24. The number of amidine groups is 1. The Morgan fingerprint density at radius 3 is 2.85 bits per heavy atom. The first-order valence-electron chi connectivity index (χ1n) is 12.2. The van der Waals surface area contributed by atoms with Crippen LogP contribution in [0.5, 0.6) is 5.75 Å². The maximum Gasteiger partial charge on any atom is 0.243 e. The SMILES string of the molecule is N/C(=N/O)c1csc(CNC(=O)[C@@H]2CC3(CN2C(=O)CNC(=O)CCCOc2ccnc(F)c2)OCCO3)c1. The second-order valence-corrected chi connectivity index (χ2v) is 9.89. The molecule has 1 spiro atoms. The average molecular weight is 565 g/mol. The first-order chi connectivity index (χ1) is 18.8. The number of ether oxygens (including phenoxy) is 3. The van der Waals surface area contributed by atoms with Crippen LogP contribution in [0.3, 0.4) is 0 Å². The average Bonchev–Trinajstić information content (AvgIpc) is 3.69. The molecule has 5 N–H and O–H groups in total. The van der Waals surface area contributed by atoms with Gasteiger partial charge >= 0.3 is 0 Å². The molecule has 15 heteroatoms. The van der Waals surface area contributed by atoms with E-state index in [1.807, 2.05) is 0 Å². The Labute approximate surface area is 227 Å². The Bertz CT molecular complexity index is 1220. The van der Waals surface area contributed by atoms with E-state index in [4.69, 9.17) is 25.2 Å². The number of hydrogen-bond acceptors (Lipinski definition) is 10. The number of aromatic nitrogens is 1. The van der Waals surface area contributed by atoms with Crippen molar-refractivity contribution in [2.45, 2.75) is 37.6 Å². The molecule has 1 atom stereocenters. The third-order valence-electron chi connectivity index (χ3n) is 6.17. The number of pyridine rings is 1. The molecule has 4 heterocycles. The normalized spacial score (nSPS) is 18.3. The third-order valence-corrected chi connectivity index (χ3v) is 7.11. The van der Waals surface area contributed by atoms with Gasteiger partial charge in [0, 0.05) is 40.9 Å². The molecule has 0 unspecified atom stereocenters. The van der Waals surface area contributed by atoms with Crippen LogP contribution in [-0.2, 0) is 30.4 Å². The number of halogens is 1. The van der Waals surface area contributed by atoms with Crippen molar-refractivity contribution < 1.29 is 38.2 Å². The molecule has 210 valence electrons. The van der Waals surface area contributed by atoms with Gasteiger partial charge in [-0.3, -0.25) is 14.4 Å². The van der Waals surface area contributed by atoms with E-state index in [1.54, 1.807) is 11.4 Å². The minimum absolute atomic E-state index is 0.0347. The number of nitrogens with zero attached hydrogens (tertiary/aromatic N) is 3. The number of nitrogens with one attached hydrogen (secondary N) is 2. The highest BCUT2D eigenvalue weighted by molar-refractivity contribution is 7.10. The molecular weight excluding hydrogens is 535 g/mol. The number of carbonyl (C=O) groups excluding carboxylic acids is 3. The summed E-state index contributed by atoms with van der Waals surface area (Å²) in [5.41, 5.74) is 6.12. The van der Waals surface area contributed by atoms with Crippen LogP contribution < -0.4 is 21.1 Å². The van der Waals surface area contributed by atoms with Gasteiger partial charge in [0.25, 0.3) is 0 Å². The van der Waals surface area contributed by atoms with Gasteiger partial charge in [-0.2, -0.15) is 4.39 Å². The van der Waals surface area contributed by atoms with E-state index in [-0.39, 0.29) is 50.8 Å². The molecule has 2 aromatic rings. The van der Waals surface area contributed by atoms with E-state index in [2.05, 4.69) is 20.8 Å². The molecule has 2 aliphatic heterocycles. The zero-order valence-electron chi connectivity index (χ0n) is 20.9. The summed E-state index contributed by atoms with van der Waals surface area (Å²) >= 11 is 1.33. The fourth-order valence-electron chi connectivity index (χ4n) is 4.26. The molecular formula is C24H29FN6O7S. The van der Waals surface area contributed by atoms with E-state index in [0.29, 0.717) is 30.9 Å². The van der Waals surface area contributed by atoms with Crippen LogP contribution in [-0.4, -0.2) is 83.4 Å². The Balaban J connectivity index is 1.27. The molecule has 2 aromatic heterocycles. The summed E-state index contributed by atoms with van der Waals surface area (Å²) in [7, 11) is 0. The number of nitrogens with two attached hydrogens (primary N) is 1. The van der Waals surface area contributed by atoms with Crippen LogP contribution in [0.2, 0.25) is 0 Å². The van der Waals surface area contributed by atoms with Crippen LogP contribution in [0, 0.1) is 5.95 Å². The lowest BCUT2D eigenvalue weighted by Crippen LogP contribution is -2.49. The lowest BCUT2D eigenvalue weighted by molar-refractivity contribution is -0.152. The lowest BCUT2D eigenvalue weighted by atomic mass is 10.1. The molecule has 0 aromatic carbocycles. The Morgan fingerprint density at radius 1 is 1.31 bits per heavy atom. The fraction of sp³-hybridized carbons (Fsp3) is 0.458. The third kappa shape index (κ3) is 7.40. The van der Waals surface area contributed by atoms with Gasteiger partial charge in [-0.05, 0) is 18.6 Å². The van der Waals surface area contributed by atoms with Crippen LogP contribution in [0.15, 0.2) is 34.9 Å². The van der Waals surface area contributed by atoms with Crippen molar-refractivity contribution in [2.75, 3.05) is 32.9 Å². The number of hydrogen-bond donors (Lipinski definition) is 4. The first kappa shape index (κ1) is 28.2. The van der Waals surface area contributed by atoms with Crippen molar-refractivity contribution in [3.05, 3.63) is 46.2 Å².